The van der Waals surface area contributed by atoms with Crippen molar-refractivity contribution in [2.75, 3.05) is 13.7 Å². The molecule has 0 aromatic heterocycles. The minimum Gasteiger partial charge on any atom is -0.494 e. The Morgan fingerprint density at radius 3 is 2.47 bits per heavy atom. The summed E-state index contributed by atoms with van der Waals surface area (Å²) in [6, 6.07) is 7.59. The molecule has 2 N–H and O–H groups in total. The predicted octanol–water partition coefficient (Wildman–Crippen LogP) is 1.39. The van der Waals surface area contributed by atoms with Crippen molar-refractivity contribution < 1.29 is 9.53 Å². The summed E-state index contributed by atoms with van der Waals surface area (Å²) in [6.07, 6.45) is 0. The van der Waals surface area contributed by atoms with Crippen LogP contribution >= 0.6 is 0 Å². The number of hydrogen-bond donors (Lipinski definition) is 1. The molecular formula is C13H20N2O2. The van der Waals surface area contributed by atoms with Crippen molar-refractivity contribution in [3.8, 4) is 5.75 Å². The van der Waals surface area contributed by atoms with Crippen molar-refractivity contribution in [1.29, 1.82) is 0 Å². The molecule has 1 aromatic carbocycles. The first-order valence-electron chi connectivity index (χ1n) is 5.76. The van der Waals surface area contributed by atoms with Crippen molar-refractivity contribution >= 4 is 5.91 Å². The van der Waals surface area contributed by atoms with Crippen molar-refractivity contribution in [1.82, 2.24) is 4.90 Å². The molecule has 4 heteroatoms. The van der Waals surface area contributed by atoms with Gasteiger partial charge >= 0.3 is 0 Å². The maximum absolute atomic E-state index is 11.0. The fourth-order valence-corrected chi connectivity index (χ4v) is 1.50. The fraction of sp³-hybridized carbons (Fsp3) is 0.462. The second-order valence-electron chi connectivity index (χ2n) is 4.07. The minimum atomic E-state index is -0.307. The molecule has 0 aliphatic rings. The van der Waals surface area contributed by atoms with E-state index in [1.54, 1.807) is 6.92 Å². The average molecular weight is 236 g/mol. The van der Waals surface area contributed by atoms with E-state index in [2.05, 4.69) is 0 Å². The molecule has 4 nitrogen and oxygen atoms in total. The smallest absolute Gasteiger partial charge is 0.234 e. The zero-order valence-corrected chi connectivity index (χ0v) is 10.6. The SMILES string of the molecule is CCOc1ccc(CN(C)[C@@H](C)C(N)=O)cc1. The number of primary amides is 1. The molecule has 94 valence electrons. The number of ether oxygens (including phenoxy) is 1. The molecule has 0 spiro atoms. The quantitative estimate of drug-likeness (QED) is 0.812. The lowest BCUT2D eigenvalue weighted by atomic mass is 10.2. The number of carbonyl (C=O) groups excluding carboxylic acids is 1. The van der Waals surface area contributed by atoms with Gasteiger partial charge < -0.3 is 10.5 Å². The molecule has 0 unspecified atom stereocenters. The van der Waals surface area contributed by atoms with Crippen LogP contribution in [0.15, 0.2) is 24.3 Å². The summed E-state index contributed by atoms with van der Waals surface area (Å²) in [4.78, 5) is 12.9. The minimum absolute atomic E-state index is 0.262. The molecule has 0 saturated heterocycles. The number of carbonyl (C=O) groups is 1. The Hall–Kier alpha value is -1.55. The van der Waals surface area contributed by atoms with Crippen LogP contribution in [0.4, 0.5) is 0 Å². The number of rotatable bonds is 6. The zero-order chi connectivity index (χ0) is 12.8. The van der Waals surface area contributed by atoms with E-state index >= 15 is 0 Å². The molecule has 0 saturated carbocycles. The van der Waals surface area contributed by atoms with Gasteiger partial charge in [0.1, 0.15) is 5.75 Å². The number of nitrogens with two attached hydrogens (primary N) is 1. The lowest BCUT2D eigenvalue weighted by Gasteiger charge is -2.21. The third-order valence-corrected chi connectivity index (χ3v) is 2.74. The van der Waals surface area contributed by atoms with Gasteiger partial charge in [-0.1, -0.05) is 12.1 Å². The van der Waals surface area contributed by atoms with Crippen molar-refractivity contribution in [2.45, 2.75) is 26.4 Å². The van der Waals surface area contributed by atoms with Gasteiger partial charge in [0, 0.05) is 6.54 Å². The van der Waals surface area contributed by atoms with Gasteiger partial charge in [0.25, 0.3) is 0 Å². The number of nitrogens with zero attached hydrogens (tertiary/aromatic N) is 1. The molecule has 0 aliphatic carbocycles. The Morgan fingerprint density at radius 2 is 2.00 bits per heavy atom. The number of amides is 1. The molecule has 1 rings (SSSR count). The number of likely N-dealkylation sites (N-methyl/N-ethyl adjacent to an activating group) is 1. The highest BCUT2D eigenvalue weighted by molar-refractivity contribution is 5.79. The third kappa shape index (κ3) is 4.07. The van der Waals surface area contributed by atoms with Gasteiger partial charge in [-0.05, 0) is 38.6 Å². The van der Waals surface area contributed by atoms with Crippen LogP contribution in [-0.2, 0) is 11.3 Å². The highest BCUT2D eigenvalue weighted by atomic mass is 16.5. The van der Waals surface area contributed by atoms with Gasteiger partial charge in [0.15, 0.2) is 0 Å². The summed E-state index contributed by atoms with van der Waals surface area (Å²) >= 11 is 0. The fourth-order valence-electron chi connectivity index (χ4n) is 1.50. The van der Waals surface area contributed by atoms with Crippen LogP contribution in [0.1, 0.15) is 19.4 Å². The first-order valence-corrected chi connectivity index (χ1v) is 5.76. The number of hydrogen-bond acceptors (Lipinski definition) is 3. The molecule has 1 atom stereocenters. The summed E-state index contributed by atoms with van der Waals surface area (Å²) in [5, 5.41) is 0. The average Bonchev–Trinajstić information content (AvgIpc) is 2.30. The van der Waals surface area contributed by atoms with Crippen LogP contribution in [0.25, 0.3) is 0 Å². The monoisotopic (exact) mass is 236 g/mol. The summed E-state index contributed by atoms with van der Waals surface area (Å²) in [6.45, 7) is 5.11. The first kappa shape index (κ1) is 13.5. The van der Waals surface area contributed by atoms with Crippen molar-refractivity contribution in [2.24, 2.45) is 5.73 Å². The molecular weight excluding hydrogens is 216 g/mol. The second kappa shape index (κ2) is 6.25. The Kier molecular flexibility index (Phi) is 4.97. The third-order valence-electron chi connectivity index (χ3n) is 2.74. The lowest BCUT2D eigenvalue weighted by molar-refractivity contribution is -0.122. The van der Waals surface area contributed by atoms with E-state index < -0.39 is 0 Å². The summed E-state index contributed by atoms with van der Waals surface area (Å²) in [5.74, 6) is 0.556. The van der Waals surface area contributed by atoms with Crippen LogP contribution in [0, 0.1) is 0 Å². The van der Waals surface area contributed by atoms with E-state index in [-0.39, 0.29) is 11.9 Å². The molecule has 0 bridgehead atoms. The second-order valence-corrected chi connectivity index (χ2v) is 4.07. The van der Waals surface area contributed by atoms with Crippen LogP contribution in [0.5, 0.6) is 5.75 Å². The molecule has 1 aromatic rings. The van der Waals surface area contributed by atoms with E-state index in [4.69, 9.17) is 10.5 Å². The summed E-state index contributed by atoms with van der Waals surface area (Å²) in [5.41, 5.74) is 6.38. The lowest BCUT2D eigenvalue weighted by Crippen LogP contribution is -2.39. The maximum atomic E-state index is 11.0. The Morgan fingerprint density at radius 1 is 1.41 bits per heavy atom. The van der Waals surface area contributed by atoms with Crippen molar-refractivity contribution in [3.63, 3.8) is 0 Å². The van der Waals surface area contributed by atoms with E-state index in [1.165, 1.54) is 0 Å². The van der Waals surface area contributed by atoms with Crippen LogP contribution in [0.2, 0.25) is 0 Å². The molecule has 1 amide bonds. The van der Waals surface area contributed by atoms with Gasteiger partial charge in [-0.15, -0.1) is 0 Å². The molecule has 17 heavy (non-hydrogen) atoms. The molecule has 0 aliphatic heterocycles. The van der Waals surface area contributed by atoms with Crippen LogP contribution < -0.4 is 10.5 Å². The highest BCUT2D eigenvalue weighted by Crippen LogP contribution is 2.13. The van der Waals surface area contributed by atoms with Gasteiger partial charge in [-0.3, -0.25) is 9.69 Å². The Balaban J connectivity index is 2.59. The molecule has 0 heterocycles. The van der Waals surface area contributed by atoms with E-state index in [0.717, 1.165) is 11.3 Å². The van der Waals surface area contributed by atoms with Gasteiger partial charge in [0.05, 0.1) is 12.6 Å². The number of benzene rings is 1. The van der Waals surface area contributed by atoms with E-state index in [1.807, 2.05) is 43.1 Å². The van der Waals surface area contributed by atoms with Gasteiger partial charge in [-0.2, -0.15) is 0 Å². The van der Waals surface area contributed by atoms with Crippen LogP contribution in [0.3, 0.4) is 0 Å². The topological polar surface area (TPSA) is 55.6 Å². The predicted molar refractivity (Wildman–Crippen MR) is 67.7 cm³/mol. The summed E-state index contributed by atoms with van der Waals surface area (Å²) in [7, 11) is 1.88. The highest BCUT2D eigenvalue weighted by Gasteiger charge is 2.14. The molecule has 0 fully saturated rings. The van der Waals surface area contributed by atoms with Gasteiger partial charge in [-0.25, -0.2) is 0 Å². The maximum Gasteiger partial charge on any atom is 0.234 e. The normalized spacial score (nSPS) is 12.5. The largest absolute Gasteiger partial charge is 0.494 e. The Labute approximate surface area is 102 Å². The van der Waals surface area contributed by atoms with E-state index in [9.17, 15) is 4.79 Å². The van der Waals surface area contributed by atoms with E-state index in [0.29, 0.717) is 13.2 Å². The van der Waals surface area contributed by atoms with Gasteiger partial charge in [0.2, 0.25) is 5.91 Å². The Bertz CT molecular complexity index is 362. The van der Waals surface area contributed by atoms with Crippen molar-refractivity contribution in [3.05, 3.63) is 29.8 Å². The summed E-state index contributed by atoms with van der Waals surface area (Å²) < 4.78 is 5.36. The van der Waals surface area contributed by atoms with Crippen LogP contribution in [-0.4, -0.2) is 30.5 Å². The zero-order valence-electron chi connectivity index (χ0n) is 10.6. The standard InChI is InChI=1S/C13H20N2O2/c1-4-17-12-7-5-11(6-8-12)9-15(3)10(2)13(14)16/h5-8,10H,4,9H2,1-3H3,(H2,14,16)/t10-/m0/s1. The molecule has 0 radical (unpaired) electrons. The first-order chi connectivity index (χ1) is 8.04.